The van der Waals surface area contributed by atoms with E-state index >= 15 is 0 Å². The molecule has 1 aliphatic carbocycles. The van der Waals surface area contributed by atoms with E-state index < -0.39 is 0 Å². The van der Waals surface area contributed by atoms with Gasteiger partial charge in [0.1, 0.15) is 0 Å². The van der Waals surface area contributed by atoms with Gasteiger partial charge in [0.2, 0.25) is 0 Å². The van der Waals surface area contributed by atoms with Crippen LogP contribution in [0, 0.1) is 0 Å². The summed E-state index contributed by atoms with van der Waals surface area (Å²) in [7, 11) is 0. The van der Waals surface area contributed by atoms with Crippen LogP contribution < -0.4 is 37.2 Å². The summed E-state index contributed by atoms with van der Waals surface area (Å²) in [5.74, 6) is 0. The van der Waals surface area contributed by atoms with Gasteiger partial charge >= 0.3 is 89.7 Å². The first-order valence-corrected chi connectivity index (χ1v) is 5.39. The van der Waals surface area contributed by atoms with E-state index in [4.69, 9.17) is 4.74 Å². The van der Waals surface area contributed by atoms with Crippen LogP contribution >= 0.6 is 15.9 Å². The van der Waals surface area contributed by atoms with Gasteiger partial charge in [0.15, 0.2) is 0 Å². The van der Waals surface area contributed by atoms with Gasteiger partial charge in [-0.3, -0.25) is 0 Å². The maximum atomic E-state index is 5.60. The summed E-state index contributed by atoms with van der Waals surface area (Å²) in [5, 5.41) is 0. The number of hydrogen-bond acceptors (Lipinski definition) is 1. The molecule has 0 fully saturated rings. The minimum Gasteiger partial charge on any atom is -1.00 e. The third-order valence-corrected chi connectivity index (χ3v) is 4.42. The topological polar surface area (TPSA) is 9.23 Å². The average Bonchev–Trinajstić information content (AvgIpc) is 2.37. The number of hydrogen-bond donors (Lipinski definition) is 0. The van der Waals surface area contributed by atoms with E-state index in [1.165, 1.54) is 35.9 Å². The molecular formula is C8H6BrCl3OZr. The van der Waals surface area contributed by atoms with Crippen molar-refractivity contribution in [2.75, 3.05) is 0 Å². The minimum atomic E-state index is 0. The Labute approximate surface area is 126 Å². The van der Waals surface area contributed by atoms with Crippen LogP contribution in [0.5, 0.6) is 0 Å². The number of fused-ring (bicyclic) bond motifs is 1. The van der Waals surface area contributed by atoms with Crippen LogP contribution in [0.15, 0.2) is 31.2 Å². The Bertz CT molecular complexity index is 312. The van der Waals surface area contributed by atoms with Crippen LogP contribution in [0.25, 0.3) is 0 Å². The van der Waals surface area contributed by atoms with Crippen molar-refractivity contribution < 1.29 is 66.7 Å². The molecule has 1 atom stereocenters. The van der Waals surface area contributed by atoms with Crippen molar-refractivity contribution in [1.29, 1.82) is 0 Å². The molecule has 0 spiro atoms. The Kier molecular flexibility index (Phi) is 8.51. The van der Waals surface area contributed by atoms with E-state index in [9.17, 15) is 0 Å². The first-order valence-electron chi connectivity index (χ1n) is 3.37. The molecule has 0 saturated heterocycles. The van der Waals surface area contributed by atoms with Gasteiger partial charge in [-0.1, -0.05) is 0 Å². The summed E-state index contributed by atoms with van der Waals surface area (Å²) in [6.07, 6.45) is 4.53. The summed E-state index contributed by atoms with van der Waals surface area (Å²) >= 11 is 4.85. The van der Waals surface area contributed by atoms with Gasteiger partial charge < -0.3 is 37.2 Å². The first kappa shape index (κ1) is 17.6. The molecule has 76 valence electrons. The molecule has 1 heterocycles. The Morgan fingerprint density at radius 2 is 1.93 bits per heavy atom. The number of halogens is 4. The minimum absolute atomic E-state index is 0. The predicted molar refractivity (Wildman–Crippen MR) is 42.7 cm³/mol. The third kappa shape index (κ3) is 3.12. The number of allylic oxidation sites excluding steroid dienone is 2. The Balaban J connectivity index is 0. The van der Waals surface area contributed by atoms with Gasteiger partial charge in [-0.2, -0.15) is 0 Å². The molecule has 2 rings (SSSR count). The average molecular weight is 396 g/mol. The van der Waals surface area contributed by atoms with Crippen LogP contribution in [0.2, 0.25) is 0 Å². The Hall–Kier alpha value is 1.25. The van der Waals surface area contributed by atoms with E-state index in [0.29, 0.717) is 0 Å². The second-order valence-corrected chi connectivity index (χ2v) is 4.60. The smallest absolute Gasteiger partial charge is 1.00 e. The monoisotopic (exact) mass is 392 g/mol. The molecule has 0 amide bonds. The third-order valence-electron chi connectivity index (χ3n) is 1.80. The van der Waals surface area contributed by atoms with Crippen molar-refractivity contribution in [2.45, 2.75) is 13.0 Å². The zero-order valence-corrected chi connectivity index (χ0v) is 13.5. The summed E-state index contributed by atoms with van der Waals surface area (Å²) in [4.78, 5) is 0. The normalized spacial score (nSPS) is 22.1. The van der Waals surface area contributed by atoms with Crippen molar-refractivity contribution in [3.8, 4) is 0 Å². The van der Waals surface area contributed by atoms with Crippen LogP contribution in [0.4, 0.5) is 0 Å². The summed E-state index contributed by atoms with van der Waals surface area (Å²) in [5.41, 5.74) is 2.58. The van der Waals surface area contributed by atoms with Crippen LogP contribution in [-0.2, 0) is 29.5 Å². The molecule has 0 N–H and O–H groups in total. The molecule has 0 saturated carbocycles. The fourth-order valence-corrected chi connectivity index (χ4v) is 2.40. The van der Waals surface area contributed by atoms with Gasteiger partial charge in [-0.15, -0.1) is 0 Å². The van der Waals surface area contributed by atoms with E-state index in [2.05, 4.69) is 35.0 Å². The SMILES string of the molecule is CC1=CC2O[C]([Zr+3])=C(Br)C2=C1.[Cl-].[Cl-].[Cl-]. The molecule has 0 aromatic heterocycles. The fourth-order valence-electron chi connectivity index (χ4n) is 1.30. The summed E-state index contributed by atoms with van der Waals surface area (Å²) in [6, 6.07) is 0. The molecule has 1 nitrogen and oxygen atoms in total. The predicted octanol–water partition coefficient (Wildman–Crippen LogP) is -6.61. The molecule has 14 heavy (non-hydrogen) atoms. The van der Waals surface area contributed by atoms with Crippen molar-refractivity contribution in [3.05, 3.63) is 31.2 Å². The van der Waals surface area contributed by atoms with Gasteiger partial charge in [-0.05, 0) is 0 Å². The molecule has 0 bridgehead atoms. The van der Waals surface area contributed by atoms with Crippen LogP contribution in [0.1, 0.15) is 6.92 Å². The van der Waals surface area contributed by atoms with Gasteiger partial charge in [0.25, 0.3) is 0 Å². The summed E-state index contributed by atoms with van der Waals surface area (Å²) < 4.78 is 7.84. The molecule has 0 aromatic rings. The Morgan fingerprint density at radius 3 is 2.43 bits per heavy atom. The Morgan fingerprint density at radius 1 is 1.36 bits per heavy atom. The van der Waals surface area contributed by atoms with Gasteiger partial charge in [0.05, 0.1) is 0 Å². The molecule has 0 radical (unpaired) electrons. The number of ether oxygens (including phenoxy) is 1. The van der Waals surface area contributed by atoms with Gasteiger partial charge in [0, 0.05) is 0 Å². The van der Waals surface area contributed by atoms with Crippen molar-refractivity contribution in [2.24, 2.45) is 0 Å². The van der Waals surface area contributed by atoms with Crippen molar-refractivity contribution >= 4 is 15.9 Å². The van der Waals surface area contributed by atoms with Crippen LogP contribution in [0.3, 0.4) is 0 Å². The molecule has 1 aliphatic heterocycles. The molecule has 1 unspecified atom stereocenters. The second kappa shape index (κ2) is 6.75. The van der Waals surface area contributed by atoms with E-state index in [-0.39, 0.29) is 43.3 Å². The zero-order chi connectivity index (χ0) is 8.01. The van der Waals surface area contributed by atoms with Gasteiger partial charge in [-0.25, -0.2) is 0 Å². The van der Waals surface area contributed by atoms with E-state index in [0.717, 1.165) is 7.95 Å². The molecular weight excluding hydrogens is 390 g/mol. The quantitative estimate of drug-likeness (QED) is 0.396. The molecule has 2 aliphatic rings. The summed E-state index contributed by atoms with van der Waals surface area (Å²) in [6.45, 7) is 2.09. The van der Waals surface area contributed by atoms with Crippen molar-refractivity contribution in [1.82, 2.24) is 0 Å². The molecule has 0 aromatic carbocycles. The standard InChI is InChI=1S/C8H6BrO.3ClH.Zr/c1-5-2-6-7(9)4-10-8(6)3-5;;;;/h2-3,8H,1H3;3*1H;/q;;;;+3/p-3. The largest absolute Gasteiger partial charge is 1.00 e. The van der Waals surface area contributed by atoms with Crippen molar-refractivity contribution in [3.63, 3.8) is 0 Å². The van der Waals surface area contributed by atoms with E-state index in [1.54, 1.807) is 0 Å². The number of rotatable bonds is 0. The first-order chi connectivity index (χ1) is 5.18. The molecule has 6 heteroatoms. The van der Waals surface area contributed by atoms with E-state index in [1.807, 2.05) is 0 Å². The fraction of sp³-hybridized carbons (Fsp3) is 0.250. The maximum Gasteiger partial charge on any atom is -1.00 e. The second-order valence-electron chi connectivity index (χ2n) is 2.69. The van der Waals surface area contributed by atoms with Crippen LogP contribution in [-0.4, -0.2) is 6.10 Å². The maximum absolute atomic E-state index is 5.60. The zero-order valence-electron chi connectivity index (χ0n) is 7.15.